The molecular formula is C11H12ClNO. The molecule has 0 radical (unpaired) electrons. The van der Waals surface area contributed by atoms with E-state index in [-0.39, 0.29) is 12.4 Å². The number of hydrogen-bond acceptors (Lipinski definition) is 2. The fraction of sp³-hybridized carbons (Fsp3) is 0.0909. The van der Waals surface area contributed by atoms with Crippen molar-refractivity contribution in [3.63, 3.8) is 0 Å². The molecule has 74 valence electrons. The van der Waals surface area contributed by atoms with Crippen LogP contribution in [-0.2, 0) is 6.54 Å². The third-order valence-corrected chi connectivity index (χ3v) is 1.92. The van der Waals surface area contributed by atoms with Crippen molar-refractivity contribution in [2.75, 3.05) is 0 Å². The van der Waals surface area contributed by atoms with Crippen molar-refractivity contribution in [3.05, 3.63) is 48.2 Å². The van der Waals surface area contributed by atoms with E-state index in [1.54, 1.807) is 0 Å². The summed E-state index contributed by atoms with van der Waals surface area (Å²) in [6.07, 6.45) is 0. The number of halogens is 1. The Morgan fingerprint density at radius 1 is 1.00 bits per heavy atom. The third kappa shape index (κ3) is 2.16. The van der Waals surface area contributed by atoms with Gasteiger partial charge in [-0.2, -0.15) is 0 Å². The van der Waals surface area contributed by atoms with Gasteiger partial charge in [-0.1, -0.05) is 30.3 Å². The maximum Gasteiger partial charge on any atom is 0.134 e. The molecule has 0 saturated carbocycles. The Morgan fingerprint density at radius 3 is 2.29 bits per heavy atom. The third-order valence-electron chi connectivity index (χ3n) is 1.92. The van der Waals surface area contributed by atoms with Gasteiger partial charge in [-0.3, -0.25) is 0 Å². The molecule has 2 rings (SSSR count). The summed E-state index contributed by atoms with van der Waals surface area (Å²) < 4.78 is 5.49. The molecule has 1 aromatic heterocycles. The molecule has 0 atom stereocenters. The molecule has 0 saturated heterocycles. The Hall–Kier alpha value is -1.25. The van der Waals surface area contributed by atoms with Crippen LogP contribution in [0, 0.1) is 0 Å². The predicted molar refractivity (Wildman–Crippen MR) is 59.3 cm³/mol. The fourth-order valence-electron chi connectivity index (χ4n) is 1.25. The molecule has 2 aromatic rings. The number of furan rings is 1. The van der Waals surface area contributed by atoms with Crippen LogP contribution in [0.4, 0.5) is 0 Å². The maximum absolute atomic E-state index is 5.49. The average molecular weight is 210 g/mol. The molecule has 14 heavy (non-hydrogen) atoms. The lowest BCUT2D eigenvalue weighted by Gasteiger charge is -1.94. The van der Waals surface area contributed by atoms with Gasteiger partial charge in [0.1, 0.15) is 11.5 Å². The summed E-state index contributed by atoms with van der Waals surface area (Å²) in [7, 11) is 0. The van der Waals surface area contributed by atoms with E-state index in [1.807, 2.05) is 42.5 Å². The Morgan fingerprint density at radius 2 is 1.71 bits per heavy atom. The summed E-state index contributed by atoms with van der Waals surface area (Å²) in [5.74, 6) is 1.69. The molecule has 0 unspecified atom stereocenters. The molecule has 0 spiro atoms. The molecule has 0 bridgehead atoms. The van der Waals surface area contributed by atoms with Crippen LogP contribution >= 0.6 is 12.4 Å². The van der Waals surface area contributed by atoms with Gasteiger partial charge in [0, 0.05) is 5.56 Å². The lowest BCUT2D eigenvalue weighted by atomic mass is 10.2. The number of hydrogen-bond donors (Lipinski definition) is 1. The van der Waals surface area contributed by atoms with Crippen LogP contribution in [0.3, 0.4) is 0 Å². The van der Waals surface area contributed by atoms with Crippen LogP contribution in [-0.4, -0.2) is 0 Å². The van der Waals surface area contributed by atoms with Gasteiger partial charge in [-0.15, -0.1) is 12.4 Å². The highest BCUT2D eigenvalue weighted by atomic mass is 35.5. The Labute approximate surface area is 89.1 Å². The molecule has 0 amide bonds. The summed E-state index contributed by atoms with van der Waals surface area (Å²) in [6.45, 7) is 0.451. The summed E-state index contributed by atoms with van der Waals surface area (Å²) in [5.41, 5.74) is 6.53. The van der Waals surface area contributed by atoms with Crippen molar-refractivity contribution in [1.29, 1.82) is 0 Å². The van der Waals surface area contributed by atoms with Gasteiger partial charge in [-0.05, 0) is 12.1 Å². The molecule has 2 nitrogen and oxygen atoms in total. The summed E-state index contributed by atoms with van der Waals surface area (Å²) >= 11 is 0. The second-order valence-electron chi connectivity index (χ2n) is 2.84. The van der Waals surface area contributed by atoms with Crippen LogP contribution < -0.4 is 5.73 Å². The zero-order valence-electron chi connectivity index (χ0n) is 7.64. The van der Waals surface area contributed by atoms with E-state index >= 15 is 0 Å². The van der Waals surface area contributed by atoms with Crippen LogP contribution in [0.5, 0.6) is 0 Å². The largest absolute Gasteiger partial charge is 0.460 e. The first-order valence-corrected chi connectivity index (χ1v) is 4.24. The van der Waals surface area contributed by atoms with Crippen molar-refractivity contribution in [3.8, 4) is 11.3 Å². The van der Waals surface area contributed by atoms with Gasteiger partial charge in [0.2, 0.25) is 0 Å². The second-order valence-corrected chi connectivity index (χ2v) is 2.84. The van der Waals surface area contributed by atoms with Crippen molar-refractivity contribution >= 4 is 12.4 Å². The number of benzene rings is 1. The number of nitrogens with two attached hydrogens (primary N) is 1. The SMILES string of the molecule is Cl.NCc1ccc(-c2ccccc2)o1. The Balaban J connectivity index is 0.000000980. The first-order valence-electron chi connectivity index (χ1n) is 4.24. The van der Waals surface area contributed by atoms with E-state index in [0.29, 0.717) is 6.54 Å². The van der Waals surface area contributed by atoms with Gasteiger partial charge < -0.3 is 10.2 Å². The van der Waals surface area contributed by atoms with E-state index < -0.39 is 0 Å². The lowest BCUT2D eigenvalue weighted by molar-refractivity contribution is 0.525. The van der Waals surface area contributed by atoms with Gasteiger partial charge in [0.15, 0.2) is 0 Å². The smallest absolute Gasteiger partial charge is 0.134 e. The maximum atomic E-state index is 5.49. The highest BCUT2D eigenvalue weighted by Gasteiger charge is 2.01. The molecule has 0 fully saturated rings. The van der Waals surface area contributed by atoms with E-state index in [4.69, 9.17) is 10.2 Å². The molecule has 3 heteroatoms. The van der Waals surface area contributed by atoms with E-state index in [9.17, 15) is 0 Å². The molecular weight excluding hydrogens is 198 g/mol. The van der Waals surface area contributed by atoms with Gasteiger partial charge in [-0.25, -0.2) is 0 Å². The first-order chi connectivity index (χ1) is 6.40. The highest BCUT2D eigenvalue weighted by molar-refractivity contribution is 5.85. The van der Waals surface area contributed by atoms with Crippen LogP contribution in [0.15, 0.2) is 46.9 Å². The minimum absolute atomic E-state index is 0. The van der Waals surface area contributed by atoms with Crippen molar-refractivity contribution in [2.24, 2.45) is 5.73 Å². The van der Waals surface area contributed by atoms with E-state index in [2.05, 4.69) is 0 Å². The summed E-state index contributed by atoms with van der Waals surface area (Å²) in [5, 5.41) is 0. The summed E-state index contributed by atoms with van der Waals surface area (Å²) in [4.78, 5) is 0. The minimum Gasteiger partial charge on any atom is -0.460 e. The summed E-state index contributed by atoms with van der Waals surface area (Å²) in [6, 6.07) is 13.8. The Bertz CT molecular complexity index is 383. The van der Waals surface area contributed by atoms with Crippen molar-refractivity contribution in [2.45, 2.75) is 6.54 Å². The highest BCUT2D eigenvalue weighted by Crippen LogP contribution is 2.21. The lowest BCUT2D eigenvalue weighted by Crippen LogP contribution is -1.92. The van der Waals surface area contributed by atoms with Gasteiger partial charge in [0.25, 0.3) is 0 Å². The van der Waals surface area contributed by atoms with Gasteiger partial charge in [0.05, 0.1) is 6.54 Å². The fourth-order valence-corrected chi connectivity index (χ4v) is 1.25. The van der Waals surface area contributed by atoms with E-state index in [0.717, 1.165) is 17.1 Å². The quantitative estimate of drug-likeness (QED) is 0.826. The predicted octanol–water partition coefficient (Wildman–Crippen LogP) is 2.83. The molecule has 2 N–H and O–H groups in total. The molecule has 1 aromatic carbocycles. The van der Waals surface area contributed by atoms with Crippen LogP contribution in [0.2, 0.25) is 0 Å². The first kappa shape index (κ1) is 10.8. The Kier molecular flexibility index (Phi) is 3.74. The normalized spacial score (nSPS) is 9.50. The van der Waals surface area contributed by atoms with Crippen LogP contribution in [0.25, 0.3) is 11.3 Å². The number of rotatable bonds is 2. The molecule has 1 heterocycles. The van der Waals surface area contributed by atoms with Crippen molar-refractivity contribution in [1.82, 2.24) is 0 Å². The molecule has 0 aliphatic rings. The topological polar surface area (TPSA) is 39.2 Å². The van der Waals surface area contributed by atoms with Crippen molar-refractivity contribution < 1.29 is 4.42 Å². The standard InChI is InChI=1S/C11H11NO.ClH/c12-8-10-6-7-11(13-10)9-4-2-1-3-5-9;/h1-7H,8,12H2;1H. The second kappa shape index (κ2) is 4.84. The van der Waals surface area contributed by atoms with Gasteiger partial charge >= 0.3 is 0 Å². The average Bonchev–Trinajstić information content (AvgIpc) is 2.67. The minimum atomic E-state index is 0. The van der Waals surface area contributed by atoms with Crippen LogP contribution in [0.1, 0.15) is 5.76 Å². The molecule has 0 aliphatic heterocycles. The zero-order valence-corrected chi connectivity index (χ0v) is 8.46. The van der Waals surface area contributed by atoms with E-state index in [1.165, 1.54) is 0 Å². The zero-order chi connectivity index (χ0) is 9.10. The monoisotopic (exact) mass is 209 g/mol. The molecule has 0 aliphatic carbocycles.